The molecule has 0 bridgehead atoms. The van der Waals surface area contributed by atoms with E-state index >= 15 is 0 Å². The minimum absolute atomic E-state index is 0.120. The van der Waals surface area contributed by atoms with Gasteiger partial charge in [0.05, 0.1) is 29.6 Å². The number of ketones is 1. The van der Waals surface area contributed by atoms with Crippen LogP contribution in [0.5, 0.6) is 0 Å². The Labute approximate surface area is 324 Å². The van der Waals surface area contributed by atoms with Gasteiger partial charge in [-0.3, -0.25) is 14.5 Å². The van der Waals surface area contributed by atoms with Gasteiger partial charge in [0.1, 0.15) is 29.8 Å². The molecule has 1 aliphatic carbocycles. The number of esters is 1. The van der Waals surface area contributed by atoms with Crippen molar-refractivity contribution in [1.82, 2.24) is 9.80 Å². The molecule has 1 saturated carbocycles. The molecule has 0 aromatic carbocycles. The molecule has 0 spiro atoms. The van der Waals surface area contributed by atoms with Crippen molar-refractivity contribution in [2.45, 2.75) is 173 Å². The Kier molecular flexibility index (Phi) is 17.0. The lowest BCUT2D eigenvalue weighted by Crippen LogP contribution is -2.60. The maximum atomic E-state index is 14.3. The molecule has 54 heavy (non-hydrogen) atoms. The summed E-state index contributed by atoms with van der Waals surface area (Å²) in [5.74, 6) is -1.99. The van der Waals surface area contributed by atoms with Crippen LogP contribution in [-0.2, 0) is 33.4 Å². The first-order chi connectivity index (χ1) is 25.2. The number of rotatable bonds is 10. The second-order valence-electron chi connectivity index (χ2n) is 16.9. The molecule has 0 aromatic heterocycles. The first-order valence-electron chi connectivity index (χ1n) is 20.0. The van der Waals surface area contributed by atoms with E-state index in [-0.39, 0.29) is 31.1 Å². The van der Waals surface area contributed by atoms with Crippen LogP contribution in [-0.4, -0.2) is 144 Å². The second-order valence-corrected chi connectivity index (χ2v) is 16.9. The van der Waals surface area contributed by atoms with Crippen LogP contribution in [0.1, 0.15) is 107 Å². The van der Waals surface area contributed by atoms with Crippen molar-refractivity contribution in [2.75, 3.05) is 34.8 Å². The van der Waals surface area contributed by atoms with Crippen molar-refractivity contribution < 1.29 is 48.7 Å². The number of ether oxygens (including phenoxy) is 4. The first-order valence-corrected chi connectivity index (χ1v) is 20.0. The Morgan fingerprint density at radius 3 is 2.20 bits per heavy atom. The van der Waals surface area contributed by atoms with Crippen molar-refractivity contribution in [2.24, 2.45) is 28.8 Å². The summed E-state index contributed by atoms with van der Waals surface area (Å²) in [4.78, 5) is 38.3. The molecule has 2 heterocycles. The third-order valence-corrected chi connectivity index (χ3v) is 12.5. The number of hydrogen-bond donors (Lipinski definition) is 3. The summed E-state index contributed by atoms with van der Waals surface area (Å²) in [6, 6.07) is 0.137. The minimum Gasteiger partial charge on any atom is -0.459 e. The summed E-state index contributed by atoms with van der Waals surface area (Å²) in [6.45, 7) is 14.4. The van der Waals surface area contributed by atoms with Crippen molar-refractivity contribution in [3.05, 3.63) is 0 Å². The molecule has 0 radical (unpaired) electrons. The van der Waals surface area contributed by atoms with Gasteiger partial charge in [-0.15, -0.1) is 12.3 Å². The maximum Gasteiger partial charge on any atom is 0.316 e. The molecule has 3 rings (SSSR count). The molecule has 2 aliphatic heterocycles. The smallest absolute Gasteiger partial charge is 0.316 e. The molecular formula is C41H71N3O10. The van der Waals surface area contributed by atoms with E-state index < -0.39 is 77.3 Å². The van der Waals surface area contributed by atoms with Gasteiger partial charge in [0, 0.05) is 49.9 Å². The Bertz CT molecular complexity index is 1300. The summed E-state index contributed by atoms with van der Waals surface area (Å²) in [7, 11) is 7.59. The van der Waals surface area contributed by atoms with Crippen LogP contribution in [0.3, 0.4) is 0 Å². The monoisotopic (exact) mass is 766 g/mol. The average molecular weight is 766 g/mol. The maximum absolute atomic E-state index is 14.3. The number of methoxy groups -OCH3 is 1. The molecule has 13 nitrogen and oxygen atoms in total. The van der Waals surface area contributed by atoms with Crippen LogP contribution in [0.15, 0.2) is 5.16 Å². The summed E-state index contributed by atoms with van der Waals surface area (Å²) in [6.07, 6.45) is 4.39. The van der Waals surface area contributed by atoms with Crippen LogP contribution in [0, 0.1) is 36.0 Å². The van der Waals surface area contributed by atoms with Crippen LogP contribution < -0.4 is 0 Å². The average Bonchev–Trinajstić information content (AvgIpc) is 3.14. The second kappa shape index (κ2) is 19.8. The molecule has 0 amide bonds. The number of aliphatic hydroxyl groups is 3. The van der Waals surface area contributed by atoms with Gasteiger partial charge in [-0.05, 0) is 93.8 Å². The summed E-state index contributed by atoms with van der Waals surface area (Å²) in [5, 5.41) is 40.1. The van der Waals surface area contributed by atoms with E-state index in [2.05, 4.69) is 24.9 Å². The number of carbonyl (C=O) groups excluding carboxylic acids is 2. The van der Waals surface area contributed by atoms with Crippen molar-refractivity contribution in [3.8, 4) is 12.3 Å². The Morgan fingerprint density at radius 1 is 1.02 bits per heavy atom. The van der Waals surface area contributed by atoms with Crippen molar-refractivity contribution in [1.29, 1.82) is 0 Å². The predicted octanol–water partition coefficient (Wildman–Crippen LogP) is 3.79. The van der Waals surface area contributed by atoms with E-state index in [0.717, 1.165) is 25.7 Å². The van der Waals surface area contributed by atoms with Crippen molar-refractivity contribution in [3.63, 3.8) is 0 Å². The lowest BCUT2D eigenvalue weighted by Gasteiger charge is -2.47. The number of cyclic esters (lactones) is 1. The number of likely N-dealkylation sites (N-methyl/N-ethyl adjacent to an activating group) is 1. The van der Waals surface area contributed by atoms with E-state index in [9.17, 15) is 24.9 Å². The third-order valence-electron chi connectivity index (χ3n) is 12.5. The Balaban J connectivity index is 2.11. The molecule has 13 heteroatoms. The summed E-state index contributed by atoms with van der Waals surface area (Å²) in [5.41, 5.74) is -2.62. The molecule has 13 atom stereocenters. The summed E-state index contributed by atoms with van der Waals surface area (Å²) < 4.78 is 25.0. The van der Waals surface area contributed by atoms with E-state index in [1.54, 1.807) is 20.8 Å². The van der Waals surface area contributed by atoms with Gasteiger partial charge in [0.25, 0.3) is 0 Å². The van der Waals surface area contributed by atoms with Crippen molar-refractivity contribution >= 4 is 17.5 Å². The third kappa shape index (κ3) is 10.8. The number of terminal acetylenes is 1. The number of hydrogen-bond acceptors (Lipinski definition) is 13. The molecule has 2 saturated heterocycles. The van der Waals surface area contributed by atoms with Gasteiger partial charge in [0.15, 0.2) is 12.1 Å². The van der Waals surface area contributed by atoms with E-state index in [0.29, 0.717) is 31.1 Å². The van der Waals surface area contributed by atoms with Crippen LogP contribution in [0.2, 0.25) is 0 Å². The fourth-order valence-electron chi connectivity index (χ4n) is 8.75. The largest absolute Gasteiger partial charge is 0.459 e. The fourth-order valence-corrected chi connectivity index (χ4v) is 8.75. The topological polar surface area (TPSA) is 160 Å². The van der Waals surface area contributed by atoms with E-state index in [1.165, 1.54) is 21.0 Å². The van der Waals surface area contributed by atoms with Gasteiger partial charge >= 0.3 is 5.97 Å². The van der Waals surface area contributed by atoms with Gasteiger partial charge in [-0.2, -0.15) is 0 Å². The zero-order chi connectivity index (χ0) is 40.7. The van der Waals surface area contributed by atoms with Crippen LogP contribution in [0.25, 0.3) is 0 Å². The zero-order valence-corrected chi connectivity index (χ0v) is 35.0. The van der Waals surface area contributed by atoms with Crippen LogP contribution in [0.4, 0.5) is 0 Å². The Morgan fingerprint density at radius 2 is 1.65 bits per heavy atom. The lowest BCUT2D eigenvalue weighted by atomic mass is 9.74. The number of nitrogens with zero attached hydrogens (tertiary/aromatic N) is 3. The fraction of sp³-hybridized carbons (Fsp3) is 0.878. The highest BCUT2D eigenvalue weighted by molar-refractivity contribution is 6.00. The Hall–Kier alpha value is -2.15. The molecule has 3 aliphatic rings. The quantitative estimate of drug-likeness (QED) is 0.128. The van der Waals surface area contributed by atoms with Gasteiger partial charge in [0.2, 0.25) is 0 Å². The SMILES string of the molecule is C#CCCN(C)[C@H]1C[C@@H](C)O[C@@H](O[C@@H]2[C@@H](C)C(=O)[C@@H](C)C(=O)O[C@H](CC)[C@@](C)(O)[C@H](O)[C@@H](C)/C(=N/O[C@H]3CC[C@@H](N(C)C)CC3)[C@H](C)C[C@@]2(C)OC)[C@@H]1O. The van der Waals surface area contributed by atoms with Crippen LogP contribution >= 0.6 is 0 Å². The molecule has 0 aromatic rings. The molecule has 3 fully saturated rings. The molecule has 3 N–H and O–H groups in total. The zero-order valence-electron chi connectivity index (χ0n) is 35.0. The molecular weight excluding hydrogens is 694 g/mol. The summed E-state index contributed by atoms with van der Waals surface area (Å²) >= 11 is 0. The molecule has 0 unspecified atom stereocenters. The standard InChI is InChI=1S/C41H71N3O10/c1-14-16-21-44(12)31-22-25(4)51-39(35(31)46)53-37-27(6)34(45)28(7)38(48)52-32(15-2)41(9,49)36(47)26(5)33(24(3)23-40(37,8)50-13)42-54-30-19-17-29(18-20-30)43(10)11/h1,24-32,35-37,39,46-47,49H,15-23H2,2-13H3/b42-33+/t24-,25-,26+,27+,28-,29-,30+,31+,32-,35-,36-,37-,39+,40-,41-/m1/s1. The predicted molar refractivity (Wildman–Crippen MR) is 206 cm³/mol. The minimum atomic E-state index is -1.89. The number of aliphatic hydroxyl groups excluding tert-OH is 2. The van der Waals surface area contributed by atoms with Gasteiger partial charge < -0.3 is 44.0 Å². The highest BCUT2D eigenvalue weighted by Crippen LogP contribution is 2.39. The number of oxime groups is 1. The molecule has 310 valence electrons. The van der Waals surface area contributed by atoms with Gasteiger partial charge in [-0.1, -0.05) is 32.9 Å². The van der Waals surface area contributed by atoms with E-state index in [4.69, 9.17) is 35.4 Å². The van der Waals surface area contributed by atoms with E-state index in [1.807, 2.05) is 32.7 Å². The highest BCUT2D eigenvalue weighted by atomic mass is 16.7. The highest BCUT2D eigenvalue weighted by Gasteiger charge is 2.52. The van der Waals surface area contributed by atoms with Gasteiger partial charge in [-0.25, -0.2) is 0 Å². The lowest BCUT2D eigenvalue weighted by molar-refractivity contribution is -0.295. The first kappa shape index (κ1) is 46.2. The normalized spacial score (nSPS) is 42.7. The number of carbonyl (C=O) groups is 2. The number of Topliss-reactive ketones (excluding diaryl/α,β-unsaturated/α-hetero) is 1.